The lowest BCUT2D eigenvalue weighted by Crippen LogP contribution is -2.12. The number of nitrogens with one attached hydrogen (secondary N) is 1. The minimum atomic E-state index is -0.184. The Hall–Kier alpha value is -4.19. The molecule has 1 N–H and O–H groups in total. The van der Waals surface area contributed by atoms with Crippen LogP contribution in [0.25, 0.3) is 22.4 Å². The number of nitriles is 1. The van der Waals surface area contributed by atoms with Crippen LogP contribution in [0.4, 0.5) is 5.69 Å². The summed E-state index contributed by atoms with van der Waals surface area (Å²) in [5.74, 6) is 1.83. The maximum Gasteiger partial charge on any atom is 0.225 e. The van der Waals surface area contributed by atoms with Gasteiger partial charge in [0.2, 0.25) is 5.91 Å². The van der Waals surface area contributed by atoms with E-state index in [4.69, 9.17) is 30.8 Å². The first-order valence-electron chi connectivity index (χ1n) is 12.0. The molecule has 0 aliphatic carbocycles. The van der Waals surface area contributed by atoms with Gasteiger partial charge in [-0.3, -0.25) is 4.79 Å². The Morgan fingerprint density at radius 3 is 2.38 bits per heavy atom. The number of methoxy groups -OCH3 is 3. The van der Waals surface area contributed by atoms with E-state index in [1.165, 1.54) is 18.9 Å². The number of benzene rings is 3. The number of amides is 1. The molecular weight excluding hydrogens is 534 g/mol. The Balaban J connectivity index is 1.64. The summed E-state index contributed by atoms with van der Waals surface area (Å²) in [6.07, 6.45) is 0.203. The van der Waals surface area contributed by atoms with Gasteiger partial charge in [-0.25, -0.2) is 4.98 Å². The SMILES string of the molecule is COc1ccc(NC(=O)CCSc2nc(-c3ccccc3)cc(-c3cccc(OC)c3OC)c2C#N)cc1Cl. The first kappa shape index (κ1) is 27.8. The monoisotopic (exact) mass is 559 g/mol. The van der Waals surface area contributed by atoms with Gasteiger partial charge in [0.05, 0.1) is 37.6 Å². The molecule has 1 aromatic heterocycles. The Morgan fingerprint density at radius 1 is 0.949 bits per heavy atom. The van der Waals surface area contributed by atoms with Crippen molar-refractivity contribution in [3.05, 3.63) is 83.4 Å². The van der Waals surface area contributed by atoms with Gasteiger partial charge in [-0.05, 0) is 30.3 Å². The van der Waals surface area contributed by atoms with E-state index in [2.05, 4.69) is 11.4 Å². The number of pyridine rings is 1. The Kier molecular flexibility index (Phi) is 9.31. The molecule has 0 bridgehead atoms. The smallest absolute Gasteiger partial charge is 0.225 e. The van der Waals surface area contributed by atoms with Crippen LogP contribution in [0.1, 0.15) is 12.0 Å². The second kappa shape index (κ2) is 13.1. The van der Waals surface area contributed by atoms with Crippen LogP contribution in [0.15, 0.2) is 77.8 Å². The molecule has 39 heavy (non-hydrogen) atoms. The summed E-state index contributed by atoms with van der Waals surface area (Å²) in [5.41, 5.74) is 3.96. The molecule has 4 aromatic rings. The van der Waals surface area contributed by atoms with E-state index in [1.54, 1.807) is 38.5 Å². The average molecular weight is 560 g/mol. The zero-order valence-electron chi connectivity index (χ0n) is 21.7. The van der Waals surface area contributed by atoms with Gasteiger partial charge in [0, 0.05) is 34.6 Å². The number of aromatic nitrogens is 1. The predicted octanol–water partition coefficient (Wildman–Crippen LogP) is 7.09. The van der Waals surface area contributed by atoms with Gasteiger partial charge in [0.1, 0.15) is 16.8 Å². The molecule has 0 atom stereocenters. The van der Waals surface area contributed by atoms with Crippen molar-refractivity contribution in [1.82, 2.24) is 4.98 Å². The van der Waals surface area contributed by atoms with Crippen LogP contribution in [0.5, 0.6) is 17.2 Å². The molecule has 0 spiro atoms. The number of carbonyl (C=O) groups is 1. The lowest BCUT2D eigenvalue weighted by molar-refractivity contribution is -0.115. The Bertz CT molecular complexity index is 1520. The number of thioether (sulfide) groups is 1. The third kappa shape index (κ3) is 6.45. The molecule has 198 valence electrons. The lowest BCUT2D eigenvalue weighted by Gasteiger charge is -2.16. The van der Waals surface area contributed by atoms with E-state index in [9.17, 15) is 10.1 Å². The van der Waals surface area contributed by atoms with Gasteiger partial charge in [-0.15, -0.1) is 11.8 Å². The minimum Gasteiger partial charge on any atom is -0.495 e. The number of hydrogen-bond donors (Lipinski definition) is 1. The maximum atomic E-state index is 12.6. The van der Waals surface area contributed by atoms with Crippen molar-refractivity contribution in [3.63, 3.8) is 0 Å². The van der Waals surface area contributed by atoms with Crippen molar-refractivity contribution in [3.8, 4) is 45.7 Å². The highest BCUT2D eigenvalue weighted by atomic mass is 35.5. The van der Waals surface area contributed by atoms with Crippen molar-refractivity contribution in [1.29, 1.82) is 5.26 Å². The highest BCUT2D eigenvalue weighted by molar-refractivity contribution is 7.99. The molecule has 1 amide bonds. The van der Waals surface area contributed by atoms with E-state index < -0.39 is 0 Å². The fraction of sp³-hybridized carbons (Fsp3) is 0.167. The highest BCUT2D eigenvalue weighted by Gasteiger charge is 2.20. The highest BCUT2D eigenvalue weighted by Crippen LogP contribution is 2.42. The molecule has 0 unspecified atom stereocenters. The summed E-state index contributed by atoms with van der Waals surface area (Å²) in [6, 6.07) is 24.5. The summed E-state index contributed by atoms with van der Waals surface area (Å²) in [5, 5.41) is 14.0. The second-order valence-electron chi connectivity index (χ2n) is 8.25. The van der Waals surface area contributed by atoms with Gasteiger partial charge in [-0.2, -0.15) is 5.26 Å². The van der Waals surface area contributed by atoms with Crippen molar-refractivity contribution in [2.45, 2.75) is 11.4 Å². The molecule has 9 heteroatoms. The normalized spacial score (nSPS) is 10.4. The molecule has 0 aliphatic heterocycles. The van der Waals surface area contributed by atoms with E-state index >= 15 is 0 Å². The fourth-order valence-electron chi connectivity index (χ4n) is 4.01. The number of ether oxygens (including phenoxy) is 3. The van der Waals surface area contributed by atoms with Gasteiger partial charge >= 0.3 is 0 Å². The molecule has 0 fully saturated rings. The Labute approximate surface area is 236 Å². The molecule has 7 nitrogen and oxygen atoms in total. The average Bonchev–Trinajstić information content (AvgIpc) is 2.96. The summed E-state index contributed by atoms with van der Waals surface area (Å²) >= 11 is 7.51. The summed E-state index contributed by atoms with van der Waals surface area (Å²) in [4.78, 5) is 17.5. The van der Waals surface area contributed by atoms with Crippen molar-refractivity contribution >= 4 is 35.0 Å². The van der Waals surface area contributed by atoms with Crippen LogP contribution in [-0.4, -0.2) is 38.0 Å². The standard InChI is InChI=1S/C30H26ClN3O4S/c1-36-26-13-12-20(16-24(26)31)33-28(35)14-15-39-30-23(18-32)22(17-25(34-30)19-8-5-4-6-9-19)21-10-7-11-27(37-2)29(21)38-3/h4-13,16-17H,14-15H2,1-3H3,(H,33,35). The van der Waals surface area contributed by atoms with Gasteiger partial charge in [0.25, 0.3) is 0 Å². The molecule has 4 rings (SSSR count). The summed E-state index contributed by atoms with van der Waals surface area (Å²) in [6.45, 7) is 0. The summed E-state index contributed by atoms with van der Waals surface area (Å²) < 4.78 is 16.3. The van der Waals surface area contributed by atoms with E-state index in [0.29, 0.717) is 61.1 Å². The molecule has 1 heterocycles. The zero-order chi connectivity index (χ0) is 27.8. The van der Waals surface area contributed by atoms with Crippen LogP contribution >= 0.6 is 23.4 Å². The van der Waals surface area contributed by atoms with E-state index in [-0.39, 0.29) is 12.3 Å². The molecule has 0 aliphatic rings. The van der Waals surface area contributed by atoms with Gasteiger partial charge in [-0.1, -0.05) is 54.1 Å². The Morgan fingerprint density at radius 2 is 1.72 bits per heavy atom. The van der Waals surface area contributed by atoms with Crippen molar-refractivity contribution in [2.24, 2.45) is 0 Å². The summed E-state index contributed by atoms with van der Waals surface area (Å²) in [7, 11) is 4.67. The number of anilines is 1. The van der Waals surface area contributed by atoms with Gasteiger partial charge in [0.15, 0.2) is 11.5 Å². The largest absolute Gasteiger partial charge is 0.495 e. The first-order chi connectivity index (χ1) is 19.0. The molecule has 0 radical (unpaired) electrons. The number of halogens is 1. The van der Waals surface area contributed by atoms with Crippen LogP contribution < -0.4 is 19.5 Å². The lowest BCUT2D eigenvalue weighted by atomic mass is 9.98. The number of para-hydroxylation sites is 1. The number of hydrogen-bond acceptors (Lipinski definition) is 7. The number of carbonyl (C=O) groups excluding carboxylic acids is 1. The van der Waals surface area contributed by atoms with Crippen LogP contribution in [-0.2, 0) is 4.79 Å². The first-order valence-corrected chi connectivity index (χ1v) is 13.3. The fourth-order valence-corrected chi connectivity index (χ4v) is 5.21. The molecule has 3 aromatic carbocycles. The third-order valence-electron chi connectivity index (χ3n) is 5.86. The van der Waals surface area contributed by atoms with Crippen LogP contribution in [0.3, 0.4) is 0 Å². The van der Waals surface area contributed by atoms with Crippen molar-refractivity contribution in [2.75, 3.05) is 32.4 Å². The minimum absolute atomic E-state index is 0.184. The third-order valence-corrected chi connectivity index (χ3v) is 7.14. The number of nitrogens with zero attached hydrogens (tertiary/aromatic N) is 2. The van der Waals surface area contributed by atoms with E-state index in [0.717, 1.165) is 5.56 Å². The molecule has 0 saturated heterocycles. The predicted molar refractivity (Wildman–Crippen MR) is 155 cm³/mol. The van der Waals surface area contributed by atoms with Crippen molar-refractivity contribution < 1.29 is 19.0 Å². The quantitative estimate of drug-likeness (QED) is 0.207. The van der Waals surface area contributed by atoms with Crippen LogP contribution in [0, 0.1) is 11.3 Å². The van der Waals surface area contributed by atoms with Crippen LogP contribution in [0.2, 0.25) is 5.02 Å². The molecular formula is C30H26ClN3O4S. The zero-order valence-corrected chi connectivity index (χ0v) is 23.2. The topological polar surface area (TPSA) is 93.5 Å². The van der Waals surface area contributed by atoms with Gasteiger partial charge < -0.3 is 19.5 Å². The maximum absolute atomic E-state index is 12.6. The second-order valence-corrected chi connectivity index (χ2v) is 9.74. The number of rotatable bonds is 10. The van der Waals surface area contributed by atoms with E-state index in [1.807, 2.05) is 48.5 Å². The molecule has 0 saturated carbocycles.